The lowest BCUT2D eigenvalue weighted by Crippen LogP contribution is -2.44. The topological polar surface area (TPSA) is 127 Å². The van der Waals surface area contributed by atoms with Crippen molar-refractivity contribution in [2.24, 2.45) is 11.8 Å². The van der Waals surface area contributed by atoms with Crippen molar-refractivity contribution >= 4 is 23.9 Å². The summed E-state index contributed by atoms with van der Waals surface area (Å²) >= 11 is 0. The minimum atomic E-state index is -1.25. The van der Waals surface area contributed by atoms with Crippen molar-refractivity contribution in [3.63, 3.8) is 0 Å². The molecule has 3 unspecified atom stereocenters. The molecule has 0 radical (unpaired) electrons. The Balaban J connectivity index is 2.13. The maximum atomic E-state index is 12.0. The first-order chi connectivity index (χ1) is 12.9. The van der Waals surface area contributed by atoms with E-state index in [1.54, 1.807) is 0 Å². The van der Waals surface area contributed by atoms with Gasteiger partial charge in [0, 0.05) is 5.92 Å². The number of carboxylic acid groups (broad SMARTS) is 2. The predicted molar refractivity (Wildman–Crippen MR) is 92.8 cm³/mol. The quantitative estimate of drug-likeness (QED) is 0.483. The van der Waals surface area contributed by atoms with Crippen LogP contribution in [-0.4, -0.2) is 46.3 Å². The zero-order valence-electron chi connectivity index (χ0n) is 15.4. The van der Waals surface area contributed by atoms with Gasteiger partial charge in [0.2, 0.25) is 0 Å². The van der Waals surface area contributed by atoms with Crippen molar-refractivity contribution in [3.05, 3.63) is 0 Å². The number of hydrogen-bond acceptors (Lipinski definition) is 6. The van der Waals surface area contributed by atoms with Crippen molar-refractivity contribution in [3.8, 4) is 0 Å². The fourth-order valence-electron chi connectivity index (χ4n) is 4.29. The van der Waals surface area contributed by atoms with Gasteiger partial charge in [0.15, 0.2) is 0 Å². The van der Waals surface area contributed by atoms with Gasteiger partial charge in [-0.25, -0.2) is 0 Å². The zero-order chi connectivity index (χ0) is 19.8. The smallest absolute Gasteiger partial charge is 0.317 e. The maximum Gasteiger partial charge on any atom is 0.317 e. The van der Waals surface area contributed by atoms with Gasteiger partial charge >= 0.3 is 23.9 Å². The Bertz CT molecular complexity index is 552. The van der Waals surface area contributed by atoms with Crippen LogP contribution in [0.2, 0.25) is 0 Å². The van der Waals surface area contributed by atoms with Gasteiger partial charge in [-0.3, -0.25) is 19.2 Å². The molecule has 2 saturated carbocycles. The highest BCUT2D eigenvalue weighted by Gasteiger charge is 2.41. The van der Waals surface area contributed by atoms with E-state index in [0.717, 1.165) is 44.9 Å². The lowest BCUT2D eigenvalue weighted by Gasteiger charge is -2.40. The zero-order valence-corrected chi connectivity index (χ0v) is 15.4. The van der Waals surface area contributed by atoms with Gasteiger partial charge in [-0.05, 0) is 38.0 Å². The Morgan fingerprint density at radius 1 is 0.778 bits per heavy atom. The third-order valence-corrected chi connectivity index (χ3v) is 5.43. The normalized spacial score (nSPS) is 24.6. The first-order valence-corrected chi connectivity index (χ1v) is 9.69. The van der Waals surface area contributed by atoms with Crippen molar-refractivity contribution in [1.29, 1.82) is 0 Å². The number of esters is 2. The molecule has 0 aromatic carbocycles. The van der Waals surface area contributed by atoms with Crippen LogP contribution in [0.1, 0.15) is 70.6 Å². The summed E-state index contributed by atoms with van der Waals surface area (Å²) < 4.78 is 11.0. The summed E-state index contributed by atoms with van der Waals surface area (Å²) in [5.74, 6) is -4.17. The monoisotopic (exact) mass is 384 g/mol. The third kappa shape index (κ3) is 6.84. The summed E-state index contributed by atoms with van der Waals surface area (Å²) in [5, 5.41) is 17.6. The van der Waals surface area contributed by atoms with E-state index in [1.807, 2.05) is 0 Å². The molecule has 0 aromatic rings. The summed E-state index contributed by atoms with van der Waals surface area (Å²) in [6.45, 7) is 0. The molecular weight excluding hydrogens is 356 g/mol. The fourth-order valence-corrected chi connectivity index (χ4v) is 4.29. The van der Waals surface area contributed by atoms with Crippen LogP contribution < -0.4 is 0 Å². The lowest BCUT2D eigenvalue weighted by molar-refractivity contribution is -0.172. The molecule has 0 heterocycles. The first kappa shape index (κ1) is 21.2. The molecule has 0 amide bonds. The highest BCUT2D eigenvalue weighted by atomic mass is 16.6. The molecule has 8 heteroatoms. The molecule has 152 valence electrons. The van der Waals surface area contributed by atoms with Crippen molar-refractivity contribution in [2.75, 3.05) is 0 Å². The lowest BCUT2D eigenvalue weighted by atomic mass is 9.74. The van der Waals surface area contributed by atoms with Crippen molar-refractivity contribution in [2.45, 2.75) is 82.8 Å². The van der Waals surface area contributed by atoms with Crippen LogP contribution in [-0.2, 0) is 28.7 Å². The van der Waals surface area contributed by atoms with E-state index in [9.17, 15) is 19.2 Å². The number of carbonyl (C=O) groups is 4. The van der Waals surface area contributed by atoms with Gasteiger partial charge in [0.05, 0.1) is 0 Å². The molecule has 0 aromatic heterocycles. The van der Waals surface area contributed by atoms with Gasteiger partial charge < -0.3 is 19.7 Å². The number of carbonyl (C=O) groups excluding carboxylic acids is 2. The van der Waals surface area contributed by atoms with Gasteiger partial charge in [0.25, 0.3) is 0 Å². The van der Waals surface area contributed by atoms with Crippen molar-refractivity contribution in [1.82, 2.24) is 0 Å². The predicted octanol–water partition coefficient (Wildman–Crippen LogP) is 2.53. The van der Waals surface area contributed by atoms with Crippen LogP contribution in [0.5, 0.6) is 0 Å². The second kappa shape index (κ2) is 10.3. The van der Waals surface area contributed by atoms with E-state index in [0.29, 0.717) is 12.8 Å². The van der Waals surface area contributed by atoms with Crippen LogP contribution in [0.4, 0.5) is 0 Å². The summed E-state index contributed by atoms with van der Waals surface area (Å²) in [4.78, 5) is 45.4. The number of hydrogen-bond donors (Lipinski definition) is 2. The molecule has 0 spiro atoms. The van der Waals surface area contributed by atoms with Gasteiger partial charge in [0.1, 0.15) is 25.0 Å². The maximum absolute atomic E-state index is 12.0. The van der Waals surface area contributed by atoms with Gasteiger partial charge in [-0.15, -0.1) is 0 Å². The summed E-state index contributed by atoms with van der Waals surface area (Å²) in [5.41, 5.74) is 0. The third-order valence-electron chi connectivity index (χ3n) is 5.43. The molecule has 0 aliphatic heterocycles. The number of aliphatic carboxylic acids is 2. The molecule has 2 rings (SSSR count). The molecular formula is C19H28O8. The molecule has 0 bridgehead atoms. The molecule has 8 nitrogen and oxygen atoms in total. The Hall–Kier alpha value is -2.12. The molecule has 2 N–H and O–H groups in total. The van der Waals surface area contributed by atoms with Crippen LogP contribution in [0.25, 0.3) is 0 Å². The Kier molecular flexibility index (Phi) is 8.06. The van der Waals surface area contributed by atoms with Gasteiger partial charge in [-0.2, -0.15) is 0 Å². The van der Waals surface area contributed by atoms with Crippen LogP contribution in [0.3, 0.4) is 0 Å². The average molecular weight is 384 g/mol. The highest BCUT2D eigenvalue weighted by molar-refractivity contribution is 5.90. The van der Waals surface area contributed by atoms with E-state index < -0.39 is 48.9 Å². The van der Waals surface area contributed by atoms with E-state index >= 15 is 0 Å². The molecule has 2 aliphatic rings. The molecule has 0 saturated heterocycles. The number of rotatable bonds is 8. The Labute approximate surface area is 158 Å². The van der Waals surface area contributed by atoms with Crippen LogP contribution in [0, 0.1) is 11.8 Å². The second-order valence-electron chi connectivity index (χ2n) is 7.47. The Morgan fingerprint density at radius 3 is 1.96 bits per heavy atom. The average Bonchev–Trinajstić information content (AvgIpc) is 2.60. The minimum absolute atomic E-state index is 0.111. The standard InChI is InChI=1S/C19H28O8/c20-15(21)10-17(24)26-14-9-5-4-8-13(14)19(12-6-2-1-3-7-12)27-18(25)11-16(22)23/h12-14,19H,1-11H2,(H,20,21)(H,22,23). The summed E-state index contributed by atoms with van der Waals surface area (Å²) in [6, 6.07) is 0. The summed E-state index contributed by atoms with van der Waals surface area (Å²) in [6.07, 6.45) is 5.58. The van der Waals surface area contributed by atoms with E-state index in [-0.39, 0.29) is 11.8 Å². The van der Waals surface area contributed by atoms with Crippen molar-refractivity contribution < 1.29 is 38.9 Å². The van der Waals surface area contributed by atoms with Crippen LogP contribution >= 0.6 is 0 Å². The molecule has 3 atom stereocenters. The second-order valence-corrected chi connectivity index (χ2v) is 7.47. The molecule has 2 aliphatic carbocycles. The fraction of sp³-hybridized carbons (Fsp3) is 0.789. The Morgan fingerprint density at radius 2 is 1.33 bits per heavy atom. The van der Waals surface area contributed by atoms with E-state index in [1.165, 1.54) is 0 Å². The highest BCUT2D eigenvalue weighted by Crippen LogP contribution is 2.39. The SMILES string of the molecule is O=C(O)CC(=O)OC1CCCCC1C(OC(=O)CC(=O)O)C1CCCCC1. The van der Waals surface area contributed by atoms with E-state index in [2.05, 4.69) is 0 Å². The first-order valence-electron chi connectivity index (χ1n) is 9.69. The minimum Gasteiger partial charge on any atom is -0.481 e. The van der Waals surface area contributed by atoms with Crippen LogP contribution in [0.15, 0.2) is 0 Å². The van der Waals surface area contributed by atoms with E-state index in [4.69, 9.17) is 19.7 Å². The van der Waals surface area contributed by atoms with Gasteiger partial charge in [-0.1, -0.05) is 25.7 Å². The summed E-state index contributed by atoms with van der Waals surface area (Å²) in [7, 11) is 0. The molecule has 27 heavy (non-hydrogen) atoms. The molecule has 2 fully saturated rings. The number of carboxylic acids is 2. The largest absolute Gasteiger partial charge is 0.481 e. The number of ether oxygens (including phenoxy) is 2.